The molecule has 0 fully saturated rings. The minimum atomic E-state index is 0.254. The van der Waals surface area contributed by atoms with Crippen LogP contribution in [-0.4, -0.2) is 39.3 Å². The van der Waals surface area contributed by atoms with Crippen LogP contribution in [0.1, 0.15) is 30.7 Å². The number of methoxy groups -OCH3 is 1. The first kappa shape index (κ1) is 15.0. The van der Waals surface area contributed by atoms with Crippen molar-refractivity contribution in [1.82, 2.24) is 0 Å². The largest absolute Gasteiger partial charge is 0.493 e. The molecule has 4 heteroatoms. The van der Waals surface area contributed by atoms with Crippen molar-refractivity contribution < 1.29 is 19.0 Å². The molecule has 4 nitrogen and oxygen atoms in total. The van der Waals surface area contributed by atoms with Crippen LogP contribution in [0.5, 0.6) is 5.75 Å². The van der Waals surface area contributed by atoms with Crippen LogP contribution in [0.3, 0.4) is 0 Å². The Balaban J connectivity index is 1.78. The van der Waals surface area contributed by atoms with E-state index in [0.717, 1.165) is 17.7 Å². The number of fused-ring (bicyclic) bond motifs is 1. The molecule has 0 bridgehead atoms. The van der Waals surface area contributed by atoms with Crippen molar-refractivity contribution in [2.75, 3.05) is 33.5 Å². The van der Waals surface area contributed by atoms with E-state index in [0.29, 0.717) is 39.3 Å². The van der Waals surface area contributed by atoms with Gasteiger partial charge in [0.2, 0.25) is 0 Å². The van der Waals surface area contributed by atoms with E-state index in [1.165, 1.54) is 0 Å². The smallest absolute Gasteiger partial charge is 0.135 e. The van der Waals surface area contributed by atoms with Gasteiger partial charge in [0.25, 0.3) is 0 Å². The molecule has 1 atom stereocenters. The van der Waals surface area contributed by atoms with Gasteiger partial charge in [-0.3, -0.25) is 4.79 Å². The predicted molar refractivity (Wildman–Crippen MR) is 76.2 cm³/mol. The molecular weight excluding hydrogens is 256 g/mol. The maximum absolute atomic E-state index is 12.0. The third kappa shape index (κ3) is 4.32. The number of Topliss-reactive ketones (excluding diaryl/α,β-unsaturated/α-hetero) is 1. The summed E-state index contributed by atoms with van der Waals surface area (Å²) in [5, 5.41) is 0. The third-order valence-corrected chi connectivity index (χ3v) is 3.51. The highest BCUT2D eigenvalue weighted by atomic mass is 16.5. The van der Waals surface area contributed by atoms with E-state index in [1.54, 1.807) is 7.11 Å². The van der Waals surface area contributed by atoms with Crippen molar-refractivity contribution in [3.8, 4) is 5.75 Å². The summed E-state index contributed by atoms with van der Waals surface area (Å²) >= 11 is 0. The van der Waals surface area contributed by atoms with E-state index in [9.17, 15) is 4.79 Å². The molecule has 110 valence electrons. The highest BCUT2D eigenvalue weighted by Crippen LogP contribution is 2.35. The van der Waals surface area contributed by atoms with Crippen molar-refractivity contribution in [3.05, 3.63) is 29.8 Å². The molecule has 0 saturated heterocycles. The number of ether oxygens (including phenoxy) is 3. The van der Waals surface area contributed by atoms with Gasteiger partial charge in [-0.2, -0.15) is 0 Å². The predicted octanol–water partition coefficient (Wildman–Crippen LogP) is 2.57. The van der Waals surface area contributed by atoms with Crippen molar-refractivity contribution in [3.63, 3.8) is 0 Å². The Bertz CT molecular complexity index is 430. The summed E-state index contributed by atoms with van der Waals surface area (Å²) < 4.78 is 15.8. The lowest BCUT2D eigenvalue weighted by atomic mass is 9.88. The van der Waals surface area contributed by atoms with Gasteiger partial charge in [-0.25, -0.2) is 0 Å². The number of rotatable bonds is 8. The number of benzene rings is 1. The first-order valence-electron chi connectivity index (χ1n) is 7.11. The van der Waals surface area contributed by atoms with Gasteiger partial charge in [0.15, 0.2) is 0 Å². The number of carbonyl (C=O) groups excluding carboxylic acids is 1. The van der Waals surface area contributed by atoms with E-state index >= 15 is 0 Å². The van der Waals surface area contributed by atoms with Gasteiger partial charge in [0, 0.05) is 20.0 Å². The third-order valence-electron chi connectivity index (χ3n) is 3.51. The SMILES string of the molecule is COCCOCCC(=O)CC1CCOc2ccccc21. The molecule has 2 rings (SSSR count). The topological polar surface area (TPSA) is 44.8 Å². The van der Waals surface area contributed by atoms with Gasteiger partial charge < -0.3 is 14.2 Å². The molecule has 1 aromatic carbocycles. The average molecular weight is 278 g/mol. The molecule has 0 amide bonds. The van der Waals surface area contributed by atoms with E-state index in [4.69, 9.17) is 14.2 Å². The lowest BCUT2D eigenvalue weighted by molar-refractivity contribution is -0.120. The number of ketones is 1. The summed E-state index contributed by atoms with van der Waals surface area (Å²) in [6.45, 7) is 2.29. The molecule has 1 aliphatic heterocycles. The first-order valence-corrected chi connectivity index (χ1v) is 7.11. The van der Waals surface area contributed by atoms with Crippen LogP contribution in [0.4, 0.5) is 0 Å². The Morgan fingerprint density at radius 3 is 3.00 bits per heavy atom. The molecule has 1 aliphatic rings. The van der Waals surface area contributed by atoms with E-state index < -0.39 is 0 Å². The van der Waals surface area contributed by atoms with E-state index in [2.05, 4.69) is 6.07 Å². The zero-order chi connectivity index (χ0) is 14.2. The molecular formula is C16H22O4. The fourth-order valence-electron chi connectivity index (χ4n) is 2.44. The standard InChI is InChI=1S/C16H22O4/c1-18-10-11-19-8-7-14(17)12-13-6-9-20-16-5-3-2-4-15(13)16/h2-5,13H,6-12H2,1H3. The van der Waals surface area contributed by atoms with Gasteiger partial charge in [-0.05, 0) is 24.0 Å². The molecule has 1 heterocycles. The molecule has 0 aromatic heterocycles. The second-order valence-corrected chi connectivity index (χ2v) is 4.97. The molecule has 0 aliphatic carbocycles. The minimum absolute atomic E-state index is 0.254. The number of carbonyl (C=O) groups is 1. The molecule has 0 N–H and O–H groups in total. The summed E-state index contributed by atoms with van der Waals surface area (Å²) in [6, 6.07) is 7.99. The number of hydrogen-bond acceptors (Lipinski definition) is 4. The summed E-state index contributed by atoms with van der Waals surface area (Å²) in [7, 11) is 1.64. The number of hydrogen-bond donors (Lipinski definition) is 0. The van der Waals surface area contributed by atoms with Crippen molar-refractivity contribution in [2.24, 2.45) is 0 Å². The Kier molecular flexibility index (Phi) is 6.02. The Morgan fingerprint density at radius 2 is 2.15 bits per heavy atom. The summed E-state index contributed by atoms with van der Waals surface area (Å²) in [4.78, 5) is 12.0. The number of para-hydroxylation sites is 1. The second kappa shape index (κ2) is 8.02. The monoisotopic (exact) mass is 278 g/mol. The Labute approximate surface area is 120 Å². The molecule has 0 spiro atoms. The first-order chi connectivity index (χ1) is 9.81. The molecule has 20 heavy (non-hydrogen) atoms. The van der Waals surface area contributed by atoms with Gasteiger partial charge in [-0.1, -0.05) is 18.2 Å². The fourth-order valence-corrected chi connectivity index (χ4v) is 2.44. The quantitative estimate of drug-likeness (QED) is 0.686. The van der Waals surface area contributed by atoms with Gasteiger partial charge in [0.1, 0.15) is 11.5 Å². The van der Waals surface area contributed by atoms with Crippen molar-refractivity contribution >= 4 is 5.78 Å². The highest BCUT2D eigenvalue weighted by molar-refractivity contribution is 5.79. The Morgan fingerprint density at radius 1 is 1.30 bits per heavy atom. The molecule has 0 saturated carbocycles. The highest BCUT2D eigenvalue weighted by Gasteiger charge is 2.23. The van der Waals surface area contributed by atoms with Crippen molar-refractivity contribution in [1.29, 1.82) is 0 Å². The van der Waals surface area contributed by atoms with Gasteiger partial charge in [-0.15, -0.1) is 0 Å². The van der Waals surface area contributed by atoms with Crippen LogP contribution in [0.25, 0.3) is 0 Å². The van der Waals surface area contributed by atoms with Crippen molar-refractivity contribution in [2.45, 2.75) is 25.2 Å². The summed E-state index contributed by atoms with van der Waals surface area (Å²) in [5.74, 6) is 1.46. The lowest BCUT2D eigenvalue weighted by Crippen LogP contribution is -2.18. The minimum Gasteiger partial charge on any atom is -0.493 e. The molecule has 1 aromatic rings. The zero-order valence-corrected chi connectivity index (χ0v) is 12.0. The maximum Gasteiger partial charge on any atom is 0.135 e. The summed E-state index contributed by atoms with van der Waals surface area (Å²) in [5.41, 5.74) is 1.16. The Hall–Kier alpha value is -1.39. The van der Waals surface area contributed by atoms with Crippen LogP contribution in [-0.2, 0) is 14.3 Å². The van der Waals surface area contributed by atoms with Crippen LogP contribution in [0.15, 0.2) is 24.3 Å². The van der Waals surface area contributed by atoms with Crippen LogP contribution in [0.2, 0.25) is 0 Å². The van der Waals surface area contributed by atoms with Gasteiger partial charge in [0.05, 0.1) is 26.4 Å². The fraction of sp³-hybridized carbons (Fsp3) is 0.562. The van der Waals surface area contributed by atoms with Crippen LogP contribution < -0.4 is 4.74 Å². The van der Waals surface area contributed by atoms with Crippen LogP contribution >= 0.6 is 0 Å². The van der Waals surface area contributed by atoms with E-state index in [-0.39, 0.29) is 11.7 Å². The van der Waals surface area contributed by atoms with E-state index in [1.807, 2.05) is 18.2 Å². The zero-order valence-electron chi connectivity index (χ0n) is 12.0. The average Bonchev–Trinajstić information content (AvgIpc) is 2.47. The lowest BCUT2D eigenvalue weighted by Gasteiger charge is -2.25. The maximum atomic E-state index is 12.0. The molecule has 1 unspecified atom stereocenters. The normalized spacial score (nSPS) is 17.4. The van der Waals surface area contributed by atoms with Gasteiger partial charge >= 0.3 is 0 Å². The van der Waals surface area contributed by atoms with Crippen LogP contribution in [0, 0.1) is 0 Å². The molecule has 0 radical (unpaired) electrons. The second-order valence-electron chi connectivity index (χ2n) is 4.97. The summed E-state index contributed by atoms with van der Waals surface area (Å²) in [6.07, 6.45) is 1.96.